The van der Waals surface area contributed by atoms with Gasteiger partial charge in [0, 0.05) is 82.5 Å². The van der Waals surface area contributed by atoms with Crippen molar-refractivity contribution in [1.82, 2.24) is 48.5 Å². The van der Waals surface area contributed by atoms with E-state index >= 15 is 0 Å². The predicted octanol–water partition coefficient (Wildman–Crippen LogP) is 4.68. The third-order valence-electron chi connectivity index (χ3n) is 13.7. The van der Waals surface area contributed by atoms with Gasteiger partial charge in [0.05, 0.1) is 59.0 Å². The van der Waals surface area contributed by atoms with E-state index in [9.17, 15) is 37.2 Å². The number of imide groups is 1. The molecule has 0 saturated carbocycles. The van der Waals surface area contributed by atoms with Crippen LogP contribution in [0, 0.1) is 13.8 Å². The van der Waals surface area contributed by atoms with Crippen molar-refractivity contribution in [3.63, 3.8) is 0 Å². The molecule has 80 heavy (non-hydrogen) atoms. The number of methoxy groups -OCH3 is 1. The number of nitrogens with zero attached hydrogens (tertiary/aromatic N) is 10. The standard InChI is InChI=1S/C53H68N14O11S2/c1-8-10-11-15-33(5)79-43-28-45(69)64(51(43)73)19-16-44(68)63-29-35(30-63)77-20-14-21-78-42-25-34(48(54)70)24-37-47(42)66(52(56-37)58-49(71)39-22-31(3)60-62(39)6)18-13-12-17-65-46-38(26-36(80(55,74)75)27-41(46)76-7)57-53(65)59-50(72)40-23-32(4)61-67(40)9-2/h12-13,22-27,33,35,43H,8-11,14-21,28-30H2,1-7H3,(H2,54,70)(H2,55,74,75)(H,56,58,71)(H,57,59,72)/b13-12+. The van der Waals surface area contributed by atoms with E-state index in [2.05, 4.69) is 39.7 Å². The topological polar surface area (TPSA) is 318 Å². The number of amides is 6. The molecular formula is C53H68N14O11S2. The Balaban J connectivity index is 0.966. The van der Waals surface area contributed by atoms with Crippen LogP contribution in [0.1, 0.15) is 108 Å². The summed E-state index contributed by atoms with van der Waals surface area (Å²) in [4.78, 5) is 91.2. The van der Waals surface area contributed by atoms with Crippen LogP contribution in [0.15, 0.2) is 53.4 Å². The number of sulfonamides is 1. The van der Waals surface area contributed by atoms with Gasteiger partial charge in [-0.15, -0.1) is 11.8 Å². The molecular weight excluding hydrogens is 1070 g/mol. The molecule has 2 fully saturated rings. The number of anilines is 2. The van der Waals surface area contributed by atoms with Gasteiger partial charge in [-0.05, 0) is 57.5 Å². The number of likely N-dealkylation sites (tertiary alicyclic amines) is 2. The summed E-state index contributed by atoms with van der Waals surface area (Å²) in [6, 6.07) is 8.81. The first-order valence-electron chi connectivity index (χ1n) is 26.5. The molecule has 8 rings (SSSR count). The minimum atomic E-state index is -4.19. The zero-order valence-electron chi connectivity index (χ0n) is 45.9. The molecule has 6 heterocycles. The molecule has 2 aromatic carbocycles. The second-order valence-electron chi connectivity index (χ2n) is 19.8. The lowest BCUT2D eigenvalue weighted by molar-refractivity contribution is -0.146. The van der Waals surface area contributed by atoms with E-state index in [4.69, 9.17) is 30.1 Å². The fourth-order valence-corrected chi connectivity index (χ4v) is 11.6. The number of imidazole rings is 2. The fourth-order valence-electron chi connectivity index (χ4n) is 9.67. The van der Waals surface area contributed by atoms with Gasteiger partial charge < -0.3 is 34.0 Å². The summed E-state index contributed by atoms with van der Waals surface area (Å²) in [5.41, 5.74) is 8.89. The highest BCUT2D eigenvalue weighted by molar-refractivity contribution is 8.01. The number of nitrogens with two attached hydrogens (primary N) is 2. The molecule has 6 amide bonds. The molecule has 6 N–H and O–H groups in total. The third-order valence-corrected chi connectivity index (χ3v) is 16.0. The van der Waals surface area contributed by atoms with Gasteiger partial charge in [-0.25, -0.2) is 23.5 Å². The van der Waals surface area contributed by atoms with Gasteiger partial charge in [-0.3, -0.25) is 53.7 Å². The van der Waals surface area contributed by atoms with Gasteiger partial charge in [-0.2, -0.15) is 10.2 Å². The minimum absolute atomic E-state index is 0.0398. The van der Waals surface area contributed by atoms with E-state index in [1.165, 1.54) is 41.0 Å². The van der Waals surface area contributed by atoms with Crippen molar-refractivity contribution in [2.24, 2.45) is 17.9 Å². The molecule has 2 aliphatic heterocycles. The van der Waals surface area contributed by atoms with Crippen LogP contribution in [0.25, 0.3) is 22.1 Å². The first kappa shape index (κ1) is 58.5. The highest BCUT2D eigenvalue weighted by Crippen LogP contribution is 2.35. The average molecular weight is 1140 g/mol. The van der Waals surface area contributed by atoms with Gasteiger partial charge >= 0.3 is 0 Å². The van der Waals surface area contributed by atoms with Crippen molar-refractivity contribution >= 4 is 91.2 Å². The molecule has 0 spiro atoms. The smallest absolute Gasteiger partial charge is 0.276 e. The molecule has 0 aliphatic carbocycles. The summed E-state index contributed by atoms with van der Waals surface area (Å²) >= 11 is 1.55. The average Bonchev–Trinajstić information content (AvgIpc) is 4.20. The maximum absolute atomic E-state index is 13.8. The van der Waals surface area contributed by atoms with Crippen LogP contribution in [0.2, 0.25) is 0 Å². The highest BCUT2D eigenvalue weighted by atomic mass is 32.2. The van der Waals surface area contributed by atoms with Crippen molar-refractivity contribution in [3.05, 3.63) is 76.9 Å². The van der Waals surface area contributed by atoms with Gasteiger partial charge in [0.1, 0.15) is 33.9 Å². The second kappa shape index (κ2) is 25.2. The molecule has 428 valence electrons. The number of primary amides is 1. The second-order valence-corrected chi connectivity index (χ2v) is 23.0. The Morgan fingerprint density at radius 2 is 1.49 bits per heavy atom. The van der Waals surface area contributed by atoms with Gasteiger partial charge in [-0.1, -0.05) is 45.3 Å². The summed E-state index contributed by atoms with van der Waals surface area (Å²) < 4.78 is 49.4. The zero-order valence-corrected chi connectivity index (χ0v) is 47.5. The Bertz CT molecular complexity index is 3480. The van der Waals surface area contributed by atoms with Crippen LogP contribution in [0.3, 0.4) is 0 Å². The molecule has 2 aliphatic rings. The number of aryl methyl sites for hydroxylation is 4. The fraction of sp³-hybridized carbons (Fsp3) is 0.472. The maximum Gasteiger partial charge on any atom is 0.276 e. The van der Waals surface area contributed by atoms with Crippen LogP contribution in [-0.2, 0) is 55.8 Å². The van der Waals surface area contributed by atoms with Crippen molar-refractivity contribution in [2.45, 2.75) is 121 Å². The normalized spacial score (nSPS) is 15.4. The van der Waals surface area contributed by atoms with Crippen LogP contribution in [0.5, 0.6) is 11.5 Å². The Hall–Kier alpha value is -7.62. The van der Waals surface area contributed by atoms with E-state index in [1.807, 2.05) is 6.92 Å². The van der Waals surface area contributed by atoms with Gasteiger partial charge in [0.2, 0.25) is 45.5 Å². The number of unbranched alkanes of at least 4 members (excludes halogenated alkanes) is 2. The number of benzene rings is 2. The molecule has 2 unspecified atom stereocenters. The monoisotopic (exact) mass is 1140 g/mol. The van der Waals surface area contributed by atoms with Crippen LogP contribution >= 0.6 is 11.8 Å². The maximum atomic E-state index is 13.8. The van der Waals surface area contributed by atoms with Crippen molar-refractivity contribution < 1.29 is 51.4 Å². The number of aromatic nitrogens is 8. The van der Waals surface area contributed by atoms with E-state index in [1.54, 1.807) is 75.7 Å². The van der Waals surface area contributed by atoms with Crippen LogP contribution < -0.4 is 31.0 Å². The van der Waals surface area contributed by atoms with E-state index in [0.717, 1.165) is 25.7 Å². The number of ether oxygens (including phenoxy) is 3. The number of allylic oxidation sites excluding steroid dienone is 2. The number of hydrogen-bond donors (Lipinski definition) is 4. The molecule has 0 radical (unpaired) electrons. The zero-order chi connectivity index (χ0) is 57.6. The lowest BCUT2D eigenvalue weighted by Crippen LogP contribution is -2.55. The molecule has 27 heteroatoms. The highest BCUT2D eigenvalue weighted by Gasteiger charge is 2.40. The van der Waals surface area contributed by atoms with Crippen LogP contribution in [-0.4, -0.2) is 149 Å². The Kier molecular flexibility index (Phi) is 18.5. The van der Waals surface area contributed by atoms with Crippen molar-refractivity contribution in [1.29, 1.82) is 0 Å². The van der Waals surface area contributed by atoms with Gasteiger partial charge in [0.15, 0.2) is 0 Å². The molecule has 6 aromatic rings. The molecule has 4 aromatic heterocycles. The number of rotatable bonds is 27. The lowest BCUT2D eigenvalue weighted by Gasteiger charge is -2.39. The number of fused-ring (bicyclic) bond motifs is 2. The number of primary sulfonamides is 1. The number of thioether (sulfide) groups is 1. The molecule has 2 saturated heterocycles. The van der Waals surface area contributed by atoms with E-state index < -0.39 is 33.0 Å². The minimum Gasteiger partial charge on any atom is -0.494 e. The number of carbonyl (C=O) groups excluding carboxylic acids is 6. The summed E-state index contributed by atoms with van der Waals surface area (Å²) in [6.07, 6.45) is 8.24. The molecule has 2 atom stereocenters. The number of nitrogens with one attached hydrogen (secondary N) is 2. The third kappa shape index (κ3) is 13.3. The van der Waals surface area contributed by atoms with Crippen molar-refractivity contribution in [2.75, 3.05) is 50.6 Å². The summed E-state index contributed by atoms with van der Waals surface area (Å²) in [5, 5.41) is 19.8. The van der Waals surface area contributed by atoms with Gasteiger partial charge in [0.25, 0.3) is 11.8 Å². The summed E-state index contributed by atoms with van der Waals surface area (Å²) in [5.74, 6) is -1.88. The molecule has 25 nitrogen and oxygen atoms in total. The van der Waals surface area contributed by atoms with Crippen molar-refractivity contribution in [3.8, 4) is 11.5 Å². The Morgan fingerprint density at radius 1 is 0.850 bits per heavy atom. The Labute approximate surface area is 466 Å². The predicted molar refractivity (Wildman–Crippen MR) is 299 cm³/mol. The SMILES string of the molecule is CCCCCC(C)SC1CC(=O)N(CCC(=O)N2CC(OCCCOc3cc(C(N)=O)cc4nc(NC(=O)c5cc(C)nn5C)n(C/C=C/Cn5c(NC(=O)c6cc(C)nn6CC)nc6cc(S(N)(=O)=O)cc(OC)c65)c34)C2)C1=O. The first-order chi connectivity index (χ1) is 38.2. The largest absolute Gasteiger partial charge is 0.494 e. The van der Waals surface area contributed by atoms with E-state index in [0.29, 0.717) is 48.5 Å². The quantitative estimate of drug-likeness (QED) is 0.0309. The number of hydrogen-bond acceptors (Lipinski definition) is 16. The van der Waals surface area contributed by atoms with Crippen LogP contribution in [0.4, 0.5) is 11.9 Å². The molecule has 0 bridgehead atoms. The summed E-state index contributed by atoms with van der Waals surface area (Å²) in [7, 11) is -1.19. The van der Waals surface area contributed by atoms with E-state index in [-0.39, 0.29) is 131 Å². The number of carbonyl (C=O) groups is 6. The summed E-state index contributed by atoms with van der Waals surface area (Å²) in [6.45, 7) is 11.3. The first-order valence-corrected chi connectivity index (χ1v) is 29.0. The Morgan fingerprint density at radius 3 is 2.10 bits per heavy atom. The lowest BCUT2D eigenvalue weighted by atomic mass is 10.1.